The zero-order valence-electron chi connectivity index (χ0n) is 21.1. The molecule has 2 aliphatic rings. The van der Waals surface area contributed by atoms with Gasteiger partial charge < -0.3 is 0 Å². The van der Waals surface area contributed by atoms with Crippen molar-refractivity contribution in [3.63, 3.8) is 0 Å². The van der Waals surface area contributed by atoms with Crippen molar-refractivity contribution < 1.29 is 4.39 Å². The van der Waals surface area contributed by atoms with Crippen LogP contribution in [0, 0.1) is 29.5 Å². The maximum absolute atomic E-state index is 14.2. The average Bonchev–Trinajstić information content (AvgIpc) is 2.86. The predicted molar refractivity (Wildman–Crippen MR) is 139 cm³/mol. The second-order valence-corrected chi connectivity index (χ2v) is 11.3. The fourth-order valence-corrected chi connectivity index (χ4v) is 6.85. The van der Waals surface area contributed by atoms with E-state index in [0.717, 1.165) is 48.5 Å². The molecule has 0 radical (unpaired) electrons. The van der Waals surface area contributed by atoms with Gasteiger partial charge in [-0.1, -0.05) is 88.4 Å². The van der Waals surface area contributed by atoms with Crippen LogP contribution in [0.1, 0.15) is 107 Å². The minimum atomic E-state index is 0.00632. The monoisotopic (exact) mass is 448 g/mol. The van der Waals surface area contributed by atoms with E-state index in [0.29, 0.717) is 5.92 Å². The molecule has 1 heteroatoms. The Morgan fingerprint density at radius 1 is 0.788 bits per heavy atom. The van der Waals surface area contributed by atoms with Crippen molar-refractivity contribution in [1.82, 2.24) is 0 Å². The zero-order chi connectivity index (χ0) is 23.0. The van der Waals surface area contributed by atoms with Gasteiger partial charge in [-0.25, -0.2) is 4.39 Å². The van der Waals surface area contributed by atoms with E-state index in [9.17, 15) is 4.39 Å². The minimum Gasteiger partial charge on any atom is -0.207 e. The summed E-state index contributed by atoms with van der Waals surface area (Å²) < 4.78 is 14.2. The summed E-state index contributed by atoms with van der Waals surface area (Å²) in [6.45, 7) is 4.53. The SMILES string of the molecule is CCCc1ccc(CCC2CCC(C3CCC(C[C@@H](C)c4ccccc4)CC3)CC2)cc1F. The highest BCUT2D eigenvalue weighted by atomic mass is 19.1. The van der Waals surface area contributed by atoms with Gasteiger partial charge in [0.05, 0.1) is 0 Å². The van der Waals surface area contributed by atoms with E-state index in [4.69, 9.17) is 0 Å². The summed E-state index contributed by atoms with van der Waals surface area (Å²) in [7, 11) is 0. The van der Waals surface area contributed by atoms with Crippen LogP contribution in [0.15, 0.2) is 48.5 Å². The molecule has 0 unspecified atom stereocenters. The molecule has 180 valence electrons. The van der Waals surface area contributed by atoms with E-state index >= 15 is 0 Å². The lowest BCUT2D eigenvalue weighted by Crippen LogP contribution is -2.26. The van der Waals surface area contributed by atoms with Crippen LogP contribution in [0.4, 0.5) is 4.39 Å². The maximum atomic E-state index is 14.2. The molecule has 4 rings (SSSR count). The van der Waals surface area contributed by atoms with Crippen molar-refractivity contribution in [3.05, 3.63) is 71.0 Å². The van der Waals surface area contributed by atoms with Crippen molar-refractivity contribution in [2.24, 2.45) is 23.7 Å². The van der Waals surface area contributed by atoms with Crippen molar-refractivity contribution in [2.45, 2.75) is 103 Å². The first-order chi connectivity index (χ1) is 16.1. The number of rotatable bonds is 9. The molecular formula is C32H45F. The summed E-state index contributed by atoms with van der Waals surface area (Å²) >= 11 is 0. The van der Waals surface area contributed by atoms with Gasteiger partial charge >= 0.3 is 0 Å². The summed E-state index contributed by atoms with van der Waals surface area (Å²) in [5.41, 5.74) is 3.58. The van der Waals surface area contributed by atoms with Crippen LogP contribution in [0.3, 0.4) is 0 Å². The van der Waals surface area contributed by atoms with Crippen molar-refractivity contribution in [1.29, 1.82) is 0 Å². The molecule has 2 aliphatic carbocycles. The van der Waals surface area contributed by atoms with Gasteiger partial charge in [0, 0.05) is 0 Å². The Balaban J connectivity index is 1.15. The summed E-state index contributed by atoms with van der Waals surface area (Å²) in [6.07, 6.45) is 17.0. The Morgan fingerprint density at radius 2 is 1.42 bits per heavy atom. The third-order valence-corrected chi connectivity index (χ3v) is 8.98. The molecule has 0 spiro atoms. The predicted octanol–water partition coefficient (Wildman–Crippen LogP) is 9.52. The summed E-state index contributed by atoms with van der Waals surface area (Å²) in [4.78, 5) is 0. The lowest BCUT2D eigenvalue weighted by molar-refractivity contribution is 0.139. The van der Waals surface area contributed by atoms with Crippen LogP contribution in [-0.2, 0) is 12.8 Å². The summed E-state index contributed by atoms with van der Waals surface area (Å²) in [5, 5.41) is 0. The molecule has 0 N–H and O–H groups in total. The first-order valence-corrected chi connectivity index (χ1v) is 13.9. The van der Waals surface area contributed by atoms with Crippen LogP contribution >= 0.6 is 0 Å². The number of halogens is 1. The Labute approximate surface area is 202 Å². The van der Waals surface area contributed by atoms with E-state index in [-0.39, 0.29) is 5.82 Å². The molecule has 2 aromatic carbocycles. The van der Waals surface area contributed by atoms with Crippen LogP contribution in [-0.4, -0.2) is 0 Å². The number of aryl methyl sites for hydroxylation is 2. The van der Waals surface area contributed by atoms with Gasteiger partial charge in [0.25, 0.3) is 0 Å². The number of hydrogen-bond acceptors (Lipinski definition) is 0. The summed E-state index contributed by atoms with van der Waals surface area (Å²) in [6, 6.07) is 17.1. The van der Waals surface area contributed by atoms with Gasteiger partial charge in [0.1, 0.15) is 5.82 Å². The first-order valence-electron chi connectivity index (χ1n) is 13.9. The van der Waals surface area contributed by atoms with Crippen LogP contribution in [0.2, 0.25) is 0 Å². The van der Waals surface area contributed by atoms with Crippen molar-refractivity contribution >= 4 is 0 Å². The van der Waals surface area contributed by atoms with Gasteiger partial charge in [-0.3, -0.25) is 0 Å². The van der Waals surface area contributed by atoms with Gasteiger partial charge in [-0.05, 0) is 104 Å². The van der Waals surface area contributed by atoms with Gasteiger partial charge in [0.2, 0.25) is 0 Å². The topological polar surface area (TPSA) is 0 Å². The fourth-order valence-electron chi connectivity index (χ4n) is 6.85. The average molecular weight is 449 g/mol. The third kappa shape index (κ3) is 6.93. The van der Waals surface area contributed by atoms with Crippen LogP contribution in [0.25, 0.3) is 0 Å². The quantitative estimate of drug-likeness (QED) is 0.358. The third-order valence-electron chi connectivity index (χ3n) is 8.98. The Morgan fingerprint density at radius 3 is 2.03 bits per heavy atom. The second kappa shape index (κ2) is 12.2. The molecule has 33 heavy (non-hydrogen) atoms. The van der Waals surface area contributed by atoms with E-state index in [1.165, 1.54) is 75.3 Å². The molecule has 0 heterocycles. The molecule has 0 nitrogen and oxygen atoms in total. The lowest BCUT2D eigenvalue weighted by Gasteiger charge is -2.38. The standard InChI is InChI=1S/C32H45F/c1-3-7-31-21-16-27(23-32(31)33)11-10-25-12-17-29(18-13-25)30-19-14-26(15-20-30)22-24(2)28-8-5-4-6-9-28/h4-6,8-9,16,21,23-26,29-30H,3,7,10-15,17-20,22H2,1-2H3/t24-,25?,26?,29?,30?/m1/s1. The van der Waals surface area contributed by atoms with Crippen molar-refractivity contribution in [3.8, 4) is 0 Å². The van der Waals surface area contributed by atoms with E-state index in [1.54, 1.807) is 6.07 Å². The van der Waals surface area contributed by atoms with E-state index < -0.39 is 0 Å². The normalized spacial score (nSPS) is 26.8. The van der Waals surface area contributed by atoms with E-state index in [1.807, 2.05) is 6.07 Å². The summed E-state index contributed by atoms with van der Waals surface area (Å²) in [5.74, 6) is 4.43. The molecule has 0 amide bonds. The molecule has 0 aliphatic heterocycles. The number of benzene rings is 2. The molecule has 0 aromatic heterocycles. The van der Waals surface area contributed by atoms with Crippen LogP contribution in [0.5, 0.6) is 0 Å². The Hall–Kier alpha value is -1.63. The highest BCUT2D eigenvalue weighted by Crippen LogP contribution is 2.44. The molecule has 0 bridgehead atoms. The molecule has 1 atom stereocenters. The first kappa shape index (κ1) is 24.5. The fraction of sp³-hybridized carbons (Fsp3) is 0.625. The lowest BCUT2D eigenvalue weighted by atomic mass is 9.67. The molecule has 2 aromatic rings. The largest absolute Gasteiger partial charge is 0.207 e. The molecule has 2 fully saturated rings. The highest BCUT2D eigenvalue weighted by molar-refractivity contribution is 5.24. The van der Waals surface area contributed by atoms with Gasteiger partial charge in [-0.2, -0.15) is 0 Å². The minimum absolute atomic E-state index is 0.00632. The van der Waals surface area contributed by atoms with Crippen molar-refractivity contribution in [2.75, 3.05) is 0 Å². The smallest absolute Gasteiger partial charge is 0.126 e. The highest BCUT2D eigenvalue weighted by Gasteiger charge is 2.31. The second-order valence-electron chi connectivity index (χ2n) is 11.3. The van der Waals surface area contributed by atoms with Gasteiger partial charge in [0.15, 0.2) is 0 Å². The molecule has 0 saturated heterocycles. The Kier molecular flexibility index (Phi) is 9.04. The number of hydrogen-bond donors (Lipinski definition) is 0. The van der Waals surface area contributed by atoms with Gasteiger partial charge in [-0.15, -0.1) is 0 Å². The zero-order valence-corrected chi connectivity index (χ0v) is 21.1. The van der Waals surface area contributed by atoms with Crippen LogP contribution < -0.4 is 0 Å². The maximum Gasteiger partial charge on any atom is 0.126 e. The Bertz CT molecular complexity index is 825. The van der Waals surface area contributed by atoms with E-state index in [2.05, 4.69) is 50.2 Å². The molecule has 2 saturated carbocycles. The molecular weight excluding hydrogens is 403 g/mol.